The fourth-order valence-corrected chi connectivity index (χ4v) is 7.74. The standard InChI is InChI=1S/C27H24N4O4S/c1-15-10-16(2)24-20(11-15)27(26(33)29-24)23(25(32)18-4-3-9-28-12-18)22(21-13-36-14-30(21)27)17-5-7-19(8-6-17)31(34)35/h3-12,21-23H,13-14H2,1-2H3,(H,29,33)/t21-,22-,23+,27+/m1/s1. The quantitative estimate of drug-likeness (QED) is 0.321. The van der Waals surface area contributed by atoms with Crippen LogP contribution in [-0.4, -0.2) is 44.2 Å². The normalized spacial score (nSPS) is 26.6. The Morgan fingerprint density at radius 2 is 2.00 bits per heavy atom. The maximum absolute atomic E-state index is 14.4. The number of nitrogens with one attached hydrogen (secondary N) is 1. The third-order valence-corrected chi connectivity index (χ3v) is 8.83. The van der Waals surface area contributed by atoms with Gasteiger partial charge in [0.1, 0.15) is 5.54 Å². The topological polar surface area (TPSA) is 105 Å². The van der Waals surface area contributed by atoms with Gasteiger partial charge in [-0.3, -0.25) is 29.6 Å². The lowest BCUT2D eigenvalue weighted by molar-refractivity contribution is -0.384. The van der Waals surface area contributed by atoms with Gasteiger partial charge in [0, 0.05) is 64.9 Å². The molecule has 0 radical (unpaired) electrons. The maximum Gasteiger partial charge on any atom is 0.269 e. The molecule has 9 heteroatoms. The Balaban J connectivity index is 1.62. The van der Waals surface area contributed by atoms with Crippen LogP contribution in [0, 0.1) is 29.9 Å². The number of non-ortho nitro benzene ring substituents is 1. The van der Waals surface area contributed by atoms with Crippen molar-refractivity contribution >= 4 is 34.8 Å². The molecule has 1 amide bonds. The molecule has 4 heterocycles. The van der Waals surface area contributed by atoms with E-state index < -0.39 is 16.4 Å². The largest absolute Gasteiger partial charge is 0.324 e. The van der Waals surface area contributed by atoms with Gasteiger partial charge in [0.25, 0.3) is 5.69 Å². The first kappa shape index (κ1) is 22.9. The average Bonchev–Trinajstić information content (AvgIpc) is 3.53. The van der Waals surface area contributed by atoms with Gasteiger partial charge in [-0.2, -0.15) is 0 Å². The van der Waals surface area contributed by atoms with Crippen molar-refractivity contribution in [2.75, 3.05) is 16.9 Å². The van der Waals surface area contributed by atoms with Crippen molar-refractivity contribution in [1.29, 1.82) is 0 Å². The second-order valence-corrected chi connectivity index (χ2v) is 10.7. The number of ketones is 1. The molecule has 1 aromatic heterocycles. The van der Waals surface area contributed by atoms with E-state index in [0.717, 1.165) is 33.7 Å². The number of Topliss-reactive ketones (excluding diaryl/α,β-unsaturated/α-hetero) is 1. The number of nitrogens with zero attached hydrogens (tertiary/aromatic N) is 3. The van der Waals surface area contributed by atoms with Crippen molar-refractivity contribution in [3.8, 4) is 0 Å². The van der Waals surface area contributed by atoms with Crippen LogP contribution in [0.1, 0.15) is 38.5 Å². The van der Waals surface area contributed by atoms with Crippen molar-refractivity contribution in [2.24, 2.45) is 5.92 Å². The van der Waals surface area contributed by atoms with Crippen molar-refractivity contribution in [3.63, 3.8) is 0 Å². The Hall–Kier alpha value is -3.56. The van der Waals surface area contributed by atoms with Gasteiger partial charge in [0.15, 0.2) is 5.78 Å². The molecule has 6 rings (SSSR count). The number of fused-ring (bicyclic) bond motifs is 4. The summed E-state index contributed by atoms with van der Waals surface area (Å²) in [7, 11) is 0. The summed E-state index contributed by atoms with van der Waals surface area (Å²) >= 11 is 1.74. The van der Waals surface area contributed by atoms with Crippen molar-refractivity contribution in [3.05, 3.63) is 98.9 Å². The number of amides is 1. The molecule has 1 N–H and O–H groups in total. The minimum Gasteiger partial charge on any atom is -0.324 e. The van der Waals surface area contributed by atoms with Crippen molar-refractivity contribution in [2.45, 2.75) is 31.3 Å². The predicted molar refractivity (Wildman–Crippen MR) is 137 cm³/mol. The minimum atomic E-state index is -1.18. The highest BCUT2D eigenvalue weighted by Gasteiger charge is 2.69. The Morgan fingerprint density at radius 3 is 2.69 bits per heavy atom. The number of carbonyl (C=O) groups is 2. The molecule has 0 aliphatic carbocycles. The molecule has 2 fully saturated rings. The maximum atomic E-state index is 14.4. The molecule has 2 saturated heterocycles. The molecule has 2 aromatic carbocycles. The summed E-state index contributed by atoms with van der Waals surface area (Å²) in [6.07, 6.45) is 3.17. The molecular weight excluding hydrogens is 476 g/mol. The van der Waals surface area contributed by atoms with Gasteiger partial charge < -0.3 is 5.32 Å². The lowest BCUT2D eigenvalue weighted by atomic mass is 9.69. The number of aromatic nitrogens is 1. The SMILES string of the molecule is Cc1cc(C)c2c(c1)[C@@]1(C(=O)N2)[C@H](C(=O)c2cccnc2)[C@H](c2ccc([N+](=O)[O-])cc2)[C@H]2CSCN21. The van der Waals surface area contributed by atoms with Crippen molar-refractivity contribution < 1.29 is 14.5 Å². The van der Waals surface area contributed by atoms with Crippen LogP contribution in [0.15, 0.2) is 60.9 Å². The van der Waals surface area contributed by atoms with Gasteiger partial charge in [-0.25, -0.2) is 0 Å². The van der Waals surface area contributed by atoms with Crippen molar-refractivity contribution in [1.82, 2.24) is 9.88 Å². The third kappa shape index (κ3) is 3.09. The number of hydrogen-bond acceptors (Lipinski definition) is 7. The van der Waals surface area contributed by atoms with E-state index in [4.69, 9.17) is 0 Å². The molecule has 3 aromatic rings. The number of anilines is 1. The number of aryl methyl sites for hydroxylation is 2. The van der Waals surface area contributed by atoms with E-state index in [9.17, 15) is 19.7 Å². The number of nitro groups is 1. The van der Waals surface area contributed by atoms with Crippen LogP contribution in [0.3, 0.4) is 0 Å². The van der Waals surface area contributed by atoms with Crippen LogP contribution in [0.5, 0.6) is 0 Å². The summed E-state index contributed by atoms with van der Waals surface area (Å²) in [4.78, 5) is 45.7. The van der Waals surface area contributed by atoms with E-state index in [-0.39, 0.29) is 29.3 Å². The average molecular weight is 501 g/mol. The second kappa shape index (κ2) is 8.25. The van der Waals surface area contributed by atoms with E-state index in [1.165, 1.54) is 12.1 Å². The number of pyridine rings is 1. The summed E-state index contributed by atoms with van der Waals surface area (Å²) in [6, 6.07) is 13.9. The van der Waals surface area contributed by atoms with Gasteiger partial charge in [-0.15, -0.1) is 11.8 Å². The fourth-order valence-electron chi connectivity index (χ4n) is 6.41. The Labute approximate surface area is 212 Å². The van der Waals surface area contributed by atoms with Gasteiger partial charge >= 0.3 is 0 Å². The second-order valence-electron chi connectivity index (χ2n) is 9.72. The highest BCUT2D eigenvalue weighted by molar-refractivity contribution is 7.99. The molecule has 182 valence electrons. The molecule has 4 atom stereocenters. The summed E-state index contributed by atoms with van der Waals surface area (Å²) in [5.41, 5.74) is 3.69. The van der Waals surface area contributed by atoms with Gasteiger partial charge in [-0.05, 0) is 37.1 Å². The fraction of sp³-hybridized carbons (Fsp3) is 0.296. The molecule has 8 nitrogen and oxygen atoms in total. The Kier molecular flexibility index (Phi) is 5.24. The van der Waals surface area contributed by atoms with E-state index in [1.807, 2.05) is 26.0 Å². The smallest absolute Gasteiger partial charge is 0.269 e. The van der Waals surface area contributed by atoms with Gasteiger partial charge in [0.05, 0.1) is 10.8 Å². The van der Waals surface area contributed by atoms with Crippen LogP contribution < -0.4 is 5.32 Å². The lowest BCUT2D eigenvalue weighted by Crippen LogP contribution is -2.52. The number of thioether (sulfide) groups is 1. The van der Waals surface area contributed by atoms with Crippen LogP contribution in [0.2, 0.25) is 0 Å². The van der Waals surface area contributed by atoms with Gasteiger partial charge in [-0.1, -0.05) is 29.8 Å². The number of rotatable bonds is 4. The number of hydrogen-bond donors (Lipinski definition) is 1. The molecule has 0 unspecified atom stereocenters. The number of carbonyl (C=O) groups excluding carboxylic acids is 2. The number of benzene rings is 2. The van der Waals surface area contributed by atoms with E-state index >= 15 is 0 Å². The monoisotopic (exact) mass is 500 g/mol. The van der Waals surface area contributed by atoms with Crippen LogP contribution in [-0.2, 0) is 10.3 Å². The zero-order chi connectivity index (χ0) is 25.2. The first-order chi connectivity index (χ1) is 17.3. The Bertz CT molecular complexity index is 1410. The molecule has 1 spiro atoms. The molecule has 0 saturated carbocycles. The summed E-state index contributed by atoms with van der Waals surface area (Å²) in [5, 5.41) is 14.4. The first-order valence-electron chi connectivity index (χ1n) is 11.8. The van der Waals surface area contributed by atoms with Crippen LogP contribution in [0.4, 0.5) is 11.4 Å². The van der Waals surface area contributed by atoms with Gasteiger partial charge in [0.2, 0.25) is 5.91 Å². The van der Waals surface area contributed by atoms with E-state index in [1.54, 1.807) is 48.4 Å². The minimum absolute atomic E-state index is 0.00514. The van der Waals surface area contributed by atoms with Crippen LogP contribution in [0.25, 0.3) is 0 Å². The highest BCUT2D eigenvalue weighted by Crippen LogP contribution is 2.61. The predicted octanol–water partition coefficient (Wildman–Crippen LogP) is 4.43. The van der Waals surface area contributed by atoms with E-state index in [0.29, 0.717) is 11.4 Å². The third-order valence-electron chi connectivity index (χ3n) is 7.79. The number of nitro benzene ring substituents is 1. The van der Waals surface area contributed by atoms with E-state index in [2.05, 4.69) is 15.2 Å². The zero-order valence-electron chi connectivity index (χ0n) is 19.8. The highest BCUT2D eigenvalue weighted by atomic mass is 32.2. The molecular formula is C27H24N4O4S. The summed E-state index contributed by atoms with van der Waals surface area (Å²) < 4.78 is 0. The zero-order valence-corrected chi connectivity index (χ0v) is 20.6. The van der Waals surface area contributed by atoms with Crippen LogP contribution >= 0.6 is 11.8 Å². The lowest BCUT2D eigenvalue weighted by Gasteiger charge is -2.36. The molecule has 36 heavy (non-hydrogen) atoms. The summed E-state index contributed by atoms with van der Waals surface area (Å²) in [6.45, 7) is 3.97. The molecule has 3 aliphatic heterocycles. The molecule has 0 bridgehead atoms. The first-order valence-corrected chi connectivity index (χ1v) is 13.0. The summed E-state index contributed by atoms with van der Waals surface area (Å²) in [5.74, 6) is -0.0146. The Morgan fingerprint density at radius 1 is 1.22 bits per heavy atom. The molecule has 3 aliphatic rings.